The lowest BCUT2D eigenvalue weighted by atomic mass is 10.0. The number of aliphatic imine (C=N–C) groups is 1. The van der Waals surface area contributed by atoms with Crippen LogP contribution in [-0.4, -0.2) is 23.2 Å². The molecule has 0 bridgehead atoms. The molecule has 152 valence electrons. The van der Waals surface area contributed by atoms with Crippen molar-refractivity contribution in [2.45, 2.75) is 122 Å². The van der Waals surface area contributed by atoms with E-state index in [9.17, 15) is 5.11 Å². The van der Waals surface area contributed by atoms with Crippen LogP contribution in [0.4, 0.5) is 0 Å². The van der Waals surface area contributed by atoms with E-state index in [4.69, 9.17) is 0 Å². The van der Waals surface area contributed by atoms with Crippen molar-refractivity contribution in [3.8, 4) is 0 Å². The Balaban J connectivity index is 1.80. The van der Waals surface area contributed by atoms with Crippen LogP contribution in [-0.2, 0) is 0 Å². The van der Waals surface area contributed by atoms with Crippen molar-refractivity contribution in [1.82, 2.24) is 5.32 Å². The smallest absolute Gasteiger partial charge is 0.156 e. The van der Waals surface area contributed by atoms with E-state index >= 15 is 0 Å². The monoisotopic (exact) mass is 364 g/mol. The zero-order valence-electron chi connectivity index (χ0n) is 17.6. The molecule has 0 aromatic rings. The highest BCUT2D eigenvalue weighted by atomic mass is 16.3. The summed E-state index contributed by atoms with van der Waals surface area (Å²) in [6.45, 7) is 4.88. The normalized spacial score (nSPS) is 19.9. The van der Waals surface area contributed by atoms with Crippen molar-refractivity contribution in [1.29, 1.82) is 0 Å². The molecule has 3 heteroatoms. The van der Waals surface area contributed by atoms with Gasteiger partial charge in [0.15, 0.2) is 5.72 Å². The fraction of sp³-hybridized carbons (Fsp3) is 0.870. The standard InChI is InChI=1S/C23H44N2O/c1-3-5-6-7-8-9-10-11-12-13-14-15-16-17-18-19-20-23(26)21-24-22(4-2)25-23/h11-12,26H,3-10,13-21H2,1-2H3,(H,24,25). The third kappa shape index (κ3) is 11.7. The molecule has 26 heavy (non-hydrogen) atoms. The Labute approximate surface area is 162 Å². The molecule has 0 fully saturated rings. The summed E-state index contributed by atoms with van der Waals surface area (Å²) >= 11 is 0. The van der Waals surface area contributed by atoms with E-state index in [0.29, 0.717) is 6.54 Å². The maximum atomic E-state index is 10.4. The first-order valence-corrected chi connectivity index (χ1v) is 11.4. The first-order valence-electron chi connectivity index (χ1n) is 11.4. The maximum absolute atomic E-state index is 10.4. The zero-order chi connectivity index (χ0) is 18.9. The Bertz CT molecular complexity index is 392. The summed E-state index contributed by atoms with van der Waals surface area (Å²) in [5.74, 6) is 0.956. The molecule has 0 saturated heterocycles. The summed E-state index contributed by atoms with van der Waals surface area (Å²) in [5.41, 5.74) is -0.758. The van der Waals surface area contributed by atoms with Crippen LogP contribution in [0, 0.1) is 0 Å². The molecule has 3 nitrogen and oxygen atoms in total. The molecule has 1 heterocycles. The fourth-order valence-corrected chi connectivity index (χ4v) is 3.58. The van der Waals surface area contributed by atoms with Crippen molar-refractivity contribution >= 4 is 5.84 Å². The van der Waals surface area contributed by atoms with Crippen LogP contribution < -0.4 is 5.32 Å². The SMILES string of the molecule is CCCCCCCCC=CCCCCCCCCC1(O)CN=C(CC)N1. The van der Waals surface area contributed by atoms with Gasteiger partial charge in [-0.05, 0) is 38.5 Å². The fourth-order valence-electron chi connectivity index (χ4n) is 3.58. The summed E-state index contributed by atoms with van der Waals surface area (Å²) in [4.78, 5) is 4.35. The number of hydrogen-bond acceptors (Lipinski definition) is 3. The van der Waals surface area contributed by atoms with E-state index < -0.39 is 5.72 Å². The number of aliphatic hydroxyl groups is 1. The molecule has 1 rings (SSSR count). The molecule has 0 aliphatic carbocycles. The number of nitrogens with one attached hydrogen (secondary N) is 1. The van der Waals surface area contributed by atoms with E-state index in [1.54, 1.807) is 0 Å². The number of nitrogens with zero attached hydrogens (tertiary/aromatic N) is 1. The molecule has 0 radical (unpaired) electrons. The van der Waals surface area contributed by atoms with Crippen molar-refractivity contribution in [2.24, 2.45) is 4.99 Å². The van der Waals surface area contributed by atoms with Crippen LogP contribution in [0.1, 0.15) is 117 Å². The number of unbranched alkanes of at least 4 members (excludes halogenated alkanes) is 12. The Morgan fingerprint density at radius 3 is 1.92 bits per heavy atom. The second kappa shape index (κ2) is 15.2. The summed E-state index contributed by atoms with van der Waals surface area (Å²) in [5, 5.41) is 13.5. The number of rotatable bonds is 17. The quantitative estimate of drug-likeness (QED) is 0.228. The van der Waals surface area contributed by atoms with Crippen LogP contribution in [0.25, 0.3) is 0 Å². The van der Waals surface area contributed by atoms with Gasteiger partial charge in [-0.1, -0.05) is 83.8 Å². The Morgan fingerprint density at radius 1 is 0.846 bits per heavy atom. The number of amidine groups is 1. The molecule has 1 unspecified atom stereocenters. The molecule has 0 saturated carbocycles. The average molecular weight is 365 g/mol. The van der Waals surface area contributed by atoms with Gasteiger partial charge in [-0.3, -0.25) is 4.99 Å². The molecular formula is C23H44N2O. The summed E-state index contributed by atoms with van der Waals surface area (Å²) in [6.07, 6.45) is 25.0. The topological polar surface area (TPSA) is 44.6 Å². The van der Waals surface area contributed by atoms with Crippen LogP contribution >= 0.6 is 0 Å². The van der Waals surface area contributed by atoms with Crippen molar-refractivity contribution in [3.05, 3.63) is 12.2 Å². The number of allylic oxidation sites excluding steroid dienone is 2. The molecule has 2 N–H and O–H groups in total. The largest absolute Gasteiger partial charge is 0.369 e. The second-order valence-electron chi connectivity index (χ2n) is 7.96. The Kier molecular flexibility index (Phi) is 13.6. The van der Waals surface area contributed by atoms with Gasteiger partial charge < -0.3 is 10.4 Å². The van der Waals surface area contributed by atoms with Crippen LogP contribution in [0.15, 0.2) is 17.1 Å². The highest BCUT2D eigenvalue weighted by molar-refractivity contribution is 5.84. The van der Waals surface area contributed by atoms with Gasteiger partial charge in [0.2, 0.25) is 0 Å². The summed E-state index contributed by atoms with van der Waals surface area (Å²) < 4.78 is 0. The van der Waals surface area contributed by atoms with Crippen molar-refractivity contribution in [3.63, 3.8) is 0 Å². The molecule has 0 aromatic heterocycles. The van der Waals surface area contributed by atoms with Crippen molar-refractivity contribution < 1.29 is 5.11 Å². The predicted octanol–water partition coefficient (Wildman–Crippen LogP) is 6.51. The molecule has 0 aromatic carbocycles. The Hall–Kier alpha value is -0.830. The number of hydrogen-bond donors (Lipinski definition) is 2. The van der Waals surface area contributed by atoms with Gasteiger partial charge in [0, 0.05) is 6.42 Å². The molecule has 1 atom stereocenters. The third-order valence-electron chi connectivity index (χ3n) is 5.35. The highest BCUT2D eigenvalue weighted by Gasteiger charge is 2.30. The second-order valence-corrected chi connectivity index (χ2v) is 7.96. The molecule has 0 amide bonds. The van der Waals surface area contributed by atoms with Crippen LogP contribution in [0.5, 0.6) is 0 Å². The van der Waals surface area contributed by atoms with E-state index in [0.717, 1.165) is 25.1 Å². The lowest BCUT2D eigenvalue weighted by Gasteiger charge is -2.23. The lowest BCUT2D eigenvalue weighted by molar-refractivity contribution is 0.0317. The van der Waals surface area contributed by atoms with Gasteiger partial charge in [-0.25, -0.2) is 0 Å². The van der Waals surface area contributed by atoms with Gasteiger partial charge in [0.25, 0.3) is 0 Å². The zero-order valence-corrected chi connectivity index (χ0v) is 17.6. The first kappa shape index (κ1) is 23.2. The van der Waals surface area contributed by atoms with Crippen LogP contribution in [0.2, 0.25) is 0 Å². The van der Waals surface area contributed by atoms with Gasteiger partial charge in [-0.15, -0.1) is 0 Å². The molecule has 0 spiro atoms. The minimum absolute atomic E-state index is 0.529. The van der Waals surface area contributed by atoms with Gasteiger partial charge in [-0.2, -0.15) is 0 Å². The van der Waals surface area contributed by atoms with Gasteiger partial charge in [0.1, 0.15) is 0 Å². The van der Waals surface area contributed by atoms with E-state index in [2.05, 4.69) is 36.3 Å². The van der Waals surface area contributed by atoms with E-state index in [1.165, 1.54) is 83.5 Å². The minimum Gasteiger partial charge on any atom is -0.369 e. The average Bonchev–Trinajstić information content (AvgIpc) is 3.03. The third-order valence-corrected chi connectivity index (χ3v) is 5.35. The summed E-state index contributed by atoms with van der Waals surface area (Å²) in [7, 11) is 0. The summed E-state index contributed by atoms with van der Waals surface area (Å²) in [6, 6.07) is 0. The van der Waals surface area contributed by atoms with E-state index in [1.807, 2.05) is 0 Å². The predicted molar refractivity (Wildman–Crippen MR) is 115 cm³/mol. The maximum Gasteiger partial charge on any atom is 0.156 e. The molecular weight excluding hydrogens is 320 g/mol. The van der Waals surface area contributed by atoms with Gasteiger partial charge >= 0.3 is 0 Å². The first-order chi connectivity index (χ1) is 12.7. The lowest BCUT2D eigenvalue weighted by Crippen LogP contribution is -2.45. The van der Waals surface area contributed by atoms with Crippen LogP contribution in [0.3, 0.4) is 0 Å². The molecule has 1 aliphatic rings. The van der Waals surface area contributed by atoms with E-state index in [-0.39, 0.29) is 0 Å². The van der Waals surface area contributed by atoms with Gasteiger partial charge in [0.05, 0.1) is 12.4 Å². The highest BCUT2D eigenvalue weighted by Crippen LogP contribution is 2.18. The van der Waals surface area contributed by atoms with Crippen molar-refractivity contribution in [2.75, 3.05) is 6.54 Å². The minimum atomic E-state index is -0.758. The molecule has 1 aliphatic heterocycles. The Morgan fingerprint density at radius 2 is 1.38 bits per heavy atom.